The number of rotatable bonds is 4. The van der Waals surface area contributed by atoms with Gasteiger partial charge in [0.1, 0.15) is 12.4 Å². The second-order valence-electron chi connectivity index (χ2n) is 5.07. The second-order valence-corrected chi connectivity index (χ2v) is 5.07. The molecule has 0 N–H and O–H groups in total. The van der Waals surface area contributed by atoms with Gasteiger partial charge >= 0.3 is 5.69 Å². The Hall–Kier alpha value is -1.47. The Morgan fingerprint density at radius 3 is 2.72 bits per heavy atom. The zero-order valence-electron chi connectivity index (χ0n) is 10.7. The van der Waals surface area contributed by atoms with Crippen LogP contribution in [-0.2, 0) is 11.3 Å². The minimum Gasteiger partial charge on any atom is -0.379 e. The lowest BCUT2D eigenvalue weighted by molar-refractivity contribution is -0.385. The maximum atomic E-state index is 10.6. The Balaban J connectivity index is 2.03. The molecule has 0 unspecified atom stereocenters. The summed E-state index contributed by atoms with van der Waals surface area (Å²) < 4.78 is 6.96. The van der Waals surface area contributed by atoms with Gasteiger partial charge < -0.3 is 4.74 Å². The van der Waals surface area contributed by atoms with Crippen molar-refractivity contribution in [3.05, 3.63) is 22.5 Å². The smallest absolute Gasteiger partial charge is 0.306 e. The highest BCUT2D eigenvalue weighted by molar-refractivity contribution is 5.20. The number of ether oxygens (including phenoxy) is 1. The fourth-order valence-corrected chi connectivity index (χ4v) is 2.20. The molecular formula is C11H18N4O3. The number of hydrogen-bond acceptors (Lipinski definition) is 5. The normalized spacial score (nSPS) is 17.9. The highest BCUT2D eigenvalue weighted by Gasteiger charge is 2.29. The van der Waals surface area contributed by atoms with Gasteiger partial charge in [0.05, 0.1) is 24.7 Å². The zero-order chi connectivity index (χ0) is 13.2. The fraction of sp³-hybridized carbons (Fsp3) is 0.727. The van der Waals surface area contributed by atoms with E-state index in [-0.39, 0.29) is 11.2 Å². The molecule has 0 atom stereocenters. The van der Waals surface area contributed by atoms with Crippen molar-refractivity contribution in [2.24, 2.45) is 0 Å². The summed E-state index contributed by atoms with van der Waals surface area (Å²) in [5.41, 5.74) is -0.0586. The van der Waals surface area contributed by atoms with Crippen LogP contribution < -0.4 is 0 Å². The maximum absolute atomic E-state index is 10.6. The van der Waals surface area contributed by atoms with Crippen molar-refractivity contribution < 1.29 is 9.66 Å². The third-order valence-corrected chi connectivity index (χ3v) is 3.25. The first kappa shape index (κ1) is 13.0. The van der Waals surface area contributed by atoms with E-state index in [2.05, 4.69) is 23.8 Å². The van der Waals surface area contributed by atoms with Gasteiger partial charge in [-0.2, -0.15) is 5.10 Å². The molecule has 18 heavy (non-hydrogen) atoms. The van der Waals surface area contributed by atoms with Gasteiger partial charge in [-0.05, 0) is 13.8 Å². The first-order valence-corrected chi connectivity index (χ1v) is 5.99. The number of morpholine rings is 1. The Morgan fingerprint density at radius 1 is 1.50 bits per heavy atom. The van der Waals surface area contributed by atoms with Crippen LogP contribution in [0.5, 0.6) is 0 Å². The SMILES string of the molecule is CC(C)(Cn1cc([N+](=O)[O-])cn1)N1CCOCC1. The summed E-state index contributed by atoms with van der Waals surface area (Å²) in [5, 5.41) is 14.6. The van der Waals surface area contributed by atoms with E-state index in [0.717, 1.165) is 26.3 Å². The highest BCUT2D eigenvalue weighted by atomic mass is 16.6. The van der Waals surface area contributed by atoms with Crippen molar-refractivity contribution in [3.63, 3.8) is 0 Å². The summed E-state index contributed by atoms with van der Waals surface area (Å²) in [7, 11) is 0. The lowest BCUT2D eigenvalue weighted by atomic mass is 10.0. The minimum absolute atomic E-state index is 0.0350. The molecule has 1 fully saturated rings. The Kier molecular flexibility index (Phi) is 3.63. The number of nitrogens with zero attached hydrogens (tertiary/aromatic N) is 4. The molecule has 1 aliphatic heterocycles. The van der Waals surface area contributed by atoms with Crippen LogP contribution in [0.2, 0.25) is 0 Å². The molecule has 0 saturated carbocycles. The molecule has 100 valence electrons. The summed E-state index contributed by atoms with van der Waals surface area (Å²) in [4.78, 5) is 12.5. The van der Waals surface area contributed by atoms with Crippen molar-refractivity contribution in [1.29, 1.82) is 0 Å². The first-order valence-electron chi connectivity index (χ1n) is 5.99. The summed E-state index contributed by atoms with van der Waals surface area (Å²) >= 11 is 0. The molecule has 1 aromatic rings. The molecule has 0 bridgehead atoms. The minimum atomic E-state index is -0.425. The summed E-state index contributed by atoms with van der Waals surface area (Å²) in [6.07, 6.45) is 2.76. The van der Waals surface area contributed by atoms with Crippen molar-refractivity contribution in [2.75, 3.05) is 26.3 Å². The molecule has 0 amide bonds. The zero-order valence-corrected chi connectivity index (χ0v) is 10.7. The van der Waals surface area contributed by atoms with E-state index in [4.69, 9.17) is 4.74 Å². The van der Waals surface area contributed by atoms with Crippen LogP contribution in [-0.4, -0.2) is 51.4 Å². The third kappa shape index (κ3) is 2.85. The van der Waals surface area contributed by atoms with Crippen LogP contribution in [0.15, 0.2) is 12.4 Å². The van der Waals surface area contributed by atoms with Crippen LogP contribution in [0.3, 0.4) is 0 Å². The van der Waals surface area contributed by atoms with E-state index < -0.39 is 4.92 Å². The monoisotopic (exact) mass is 254 g/mol. The predicted octanol–water partition coefficient (Wildman–Crippen LogP) is 0.902. The Morgan fingerprint density at radius 2 is 2.17 bits per heavy atom. The molecule has 0 aliphatic carbocycles. The molecule has 0 radical (unpaired) electrons. The Bertz CT molecular complexity index is 424. The van der Waals surface area contributed by atoms with Gasteiger partial charge in [0.25, 0.3) is 0 Å². The highest BCUT2D eigenvalue weighted by Crippen LogP contribution is 2.19. The van der Waals surface area contributed by atoms with Crippen LogP contribution in [0.25, 0.3) is 0 Å². The fourth-order valence-electron chi connectivity index (χ4n) is 2.20. The van der Waals surface area contributed by atoms with E-state index in [9.17, 15) is 10.1 Å². The van der Waals surface area contributed by atoms with Gasteiger partial charge in [0, 0.05) is 18.6 Å². The van der Waals surface area contributed by atoms with Crippen molar-refractivity contribution >= 4 is 5.69 Å². The first-order chi connectivity index (χ1) is 8.49. The van der Waals surface area contributed by atoms with Crippen LogP contribution >= 0.6 is 0 Å². The number of hydrogen-bond donors (Lipinski definition) is 0. The molecule has 2 heterocycles. The molecule has 2 rings (SSSR count). The van der Waals surface area contributed by atoms with Gasteiger partial charge in [0.15, 0.2) is 0 Å². The van der Waals surface area contributed by atoms with E-state index in [1.54, 1.807) is 4.68 Å². The van der Waals surface area contributed by atoms with Crippen molar-refractivity contribution in [2.45, 2.75) is 25.9 Å². The Labute approximate surface area is 105 Å². The summed E-state index contributed by atoms with van der Waals surface area (Å²) in [5.74, 6) is 0. The lowest BCUT2D eigenvalue weighted by Crippen LogP contribution is -2.52. The van der Waals surface area contributed by atoms with Gasteiger partial charge in [-0.1, -0.05) is 0 Å². The van der Waals surface area contributed by atoms with E-state index in [1.165, 1.54) is 12.4 Å². The molecule has 7 nitrogen and oxygen atoms in total. The van der Waals surface area contributed by atoms with Crippen LogP contribution in [0, 0.1) is 10.1 Å². The molecule has 7 heteroatoms. The van der Waals surface area contributed by atoms with Gasteiger partial charge in [-0.3, -0.25) is 19.7 Å². The van der Waals surface area contributed by atoms with Gasteiger partial charge in [-0.25, -0.2) is 0 Å². The van der Waals surface area contributed by atoms with Crippen LogP contribution in [0.4, 0.5) is 5.69 Å². The van der Waals surface area contributed by atoms with Gasteiger partial charge in [-0.15, -0.1) is 0 Å². The third-order valence-electron chi connectivity index (χ3n) is 3.25. The summed E-state index contributed by atoms with van der Waals surface area (Å²) in [6, 6.07) is 0. The van der Waals surface area contributed by atoms with Crippen LogP contribution in [0.1, 0.15) is 13.8 Å². The lowest BCUT2D eigenvalue weighted by Gasteiger charge is -2.40. The van der Waals surface area contributed by atoms with E-state index >= 15 is 0 Å². The quantitative estimate of drug-likeness (QED) is 0.589. The molecular weight excluding hydrogens is 236 g/mol. The molecule has 0 aromatic carbocycles. The van der Waals surface area contributed by atoms with Crippen molar-refractivity contribution in [1.82, 2.24) is 14.7 Å². The van der Waals surface area contributed by atoms with Gasteiger partial charge in [0.2, 0.25) is 0 Å². The summed E-state index contributed by atoms with van der Waals surface area (Å²) in [6.45, 7) is 8.11. The second kappa shape index (κ2) is 5.03. The maximum Gasteiger partial charge on any atom is 0.306 e. The average Bonchev–Trinajstić information content (AvgIpc) is 2.78. The van der Waals surface area contributed by atoms with E-state index in [0.29, 0.717) is 6.54 Å². The predicted molar refractivity (Wildman–Crippen MR) is 65.4 cm³/mol. The molecule has 1 aliphatic rings. The topological polar surface area (TPSA) is 73.4 Å². The molecule has 0 spiro atoms. The molecule has 1 aromatic heterocycles. The van der Waals surface area contributed by atoms with Crippen molar-refractivity contribution in [3.8, 4) is 0 Å². The number of aromatic nitrogens is 2. The standard InChI is InChI=1S/C11H18N4O3/c1-11(2,13-3-5-18-6-4-13)9-14-8-10(7-12-14)15(16)17/h7-8H,3-6,9H2,1-2H3. The number of nitro groups is 1. The van der Waals surface area contributed by atoms with E-state index in [1.807, 2.05) is 0 Å². The largest absolute Gasteiger partial charge is 0.379 e. The molecule has 1 saturated heterocycles. The average molecular weight is 254 g/mol.